The predicted octanol–water partition coefficient (Wildman–Crippen LogP) is 3.94. The largest absolute Gasteiger partial charge is 0.460 e. The number of benzene rings is 2. The first kappa shape index (κ1) is 50.4. The van der Waals surface area contributed by atoms with Crippen LogP contribution in [0, 0.1) is 6.92 Å². The Morgan fingerprint density at radius 3 is 1.21 bits per heavy atom. The molecule has 0 aliphatic carbocycles. The highest BCUT2D eigenvalue weighted by molar-refractivity contribution is 7.86. The van der Waals surface area contributed by atoms with Crippen molar-refractivity contribution in [3.8, 4) is 0 Å². The van der Waals surface area contributed by atoms with Gasteiger partial charge >= 0.3 is 5.97 Å². The number of esters is 1. The van der Waals surface area contributed by atoms with E-state index in [2.05, 4.69) is 12.2 Å². The Labute approximate surface area is 339 Å². The zero-order chi connectivity index (χ0) is 40.9. The summed E-state index contributed by atoms with van der Waals surface area (Å²) in [5, 5.41) is 3.31. The summed E-state index contributed by atoms with van der Waals surface area (Å²) < 4.78 is 89.0. The van der Waals surface area contributed by atoms with Crippen LogP contribution in [0.3, 0.4) is 0 Å². The summed E-state index contributed by atoms with van der Waals surface area (Å²) in [6.45, 7) is 13.4. The van der Waals surface area contributed by atoms with Gasteiger partial charge in [0, 0.05) is 12.2 Å². The van der Waals surface area contributed by atoms with Gasteiger partial charge < -0.3 is 57.4 Å². The number of carbonyl (C=O) groups excluding carboxylic acids is 1. The molecule has 1 N–H and O–H groups in total. The van der Waals surface area contributed by atoms with Crippen molar-refractivity contribution in [2.45, 2.75) is 31.6 Å². The molecule has 0 atom stereocenters. The van der Waals surface area contributed by atoms with E-state index in [0.717, 1.165) is 30.6 Å². The maximum Gasteiger partial charge on any atom is 0.338 e. The van der Waals surface area contributed by atoms with Crippen molar-refractivity contribution in [3.05, 3.63) is 59.7 Å². The highest BCUT2D eigenvalue weighted by atomic mass is 32.2. The van der Waals surface area contributed by atoms with Gasteiger partial charge in [-0.25, -0.2) is 4.79 Å². The number of nitrogens with one attached hydrogen (secondary N) is 1. The molecule has 2 aromatic carbocycles. The molecule has 2 aromatic rings. The van der Waals surface area contributed by atoms with Crippen LogP contribution < -0.4 is 5.32 Å². The van der Waals surface area contributed by atoms with E-state index in [0.29, 0.717) is 131 Å². The molecule has 0 fully saturated rings. The smallest absolute Gasteiger partial charge is 0.338 e. The quantitative estimate of drug-likeness (QED) is 0.0581. The van der Waals surface area contributed by atoms with Gasteiger partial charge in [-0.2, -0.15) is 8.42 Å². The van der Waals surface area contributed by atoms with Crippen molar-refractivity contribution in [3.63, 3.8) is 0 Å². The third-order valence-electron chi connectivity index (χ3n) is 7.56. The lowest BCUT2D eigenvalue weighted by Crippen LogP contribution is -2.16. The average Bonchev–Trinajstić information content (AvgIpc) is 3.21. The zero-order valence-electron chi connectivity index (χ0n) is 33.8. The number of hydrogen-bond acceptors (Lipinski definition) is 16. The fourth-order valence-electron chi connectivity index (χ4n) is 4.47. The molecular weight excluding hydrogens is 766 g/mol. The Morgan fingerprint density at radius 1 is 0.491 bits per heavy atom. The summed E-state index contributed by atoms with van der Waals surface area (Å²) in [6, 6.07) is 13.7. The fraction of sp³-hybridized carbons (Fsp3) is 0.675. The number of aryl methyl sites for hydroxylation is 1. The van der Waals surface area contributed by atoms with Crippen molar-refractivity contribution in [2.75, 3.05) is 157 Å². The van der Waals surface area contributed by atoms with E-state index in [1.54, 1.807) is 24.3 Å². The second-order valence-corrected chi connectivity index (χ2v) is 13.8. The number of hydrogen-bond donors (Lipinski definition) is 1. The van der Waals surface area contributed by atoms with Gasteiger partial charge in [0.2, 0.25) is 0 Å². The normalized spacial score (nSPS) is 11.6. The van der Waals surface area contributed by atoms with E-state index in [-0.39, 0.29) is 30.7 Å². The molecule has 57 heavy (non-hydrogen) atoms. The fourth-order valence-corrected chi connectivity index (χ4v) is 5.36. The lowest BCUT2D eigenvalue weighted by Gasteiger charge is -2.09. The number of anilines is 1. The molecular formula is C40H65NO15S. The maximum absolute atomic E-state index is 12.1. The summed E-state index contributed by atoms with van der Waals surface area (Å²) in [5.74, 6) is -0.369. The highest BCUT2D eigenvalue weighted by Crippen LogP contribution is 2.13. The van der Waals surface area contributed by atoms with Gasteiger partial charge in [-0.1, -0.05) is 31.0 Å². The van der Waals surface area contributed by atoms with Crippen LogP contribution in [0.2, 0.25) is 0 Å². The number of rotatable bonds is 40. The average molecular weight is 832 g/mol. The van der Waals surface area contributed by atoms with Gasteiger partial charge in [0.15, 0.2) is 0 Å². The molecule has 16 nitrogen and oxygen atoms in total. The van der Waals surface area contributed by atoms with E-state index >= 15 is 0 Å². The first-order chi connectivity index (χ1) is 27.9. The van der Waals surface area contributed by atoms with Crippen LogP contribution in [0.5, 0.6) is 0 Å². The van der Waals surface area contributed by atoms with Crippen molar-refractivity contribution >= 4 is 21.8 Å². The van der Waals surface area contributed by atoms with E-state index in [1.807, 2.05) is 19.1 Å². The molecule has 0 bridgehead atoms. The molecule has 17 heteroatoms. The van der Waals surface area contributed by atoms with Crippen LogP contribution in [0.4, 0.5) is 5.69 Å². The molecule has 0 aliphatic rings. The molecule has 0 saturated heterocycles. The number of ether oxygens (including phenoxy) is 11. The third kappa shape index (κ3) is 28.3. The second kappa shape index (κ2) is 35.2. The number of carbonyl (C=O) groups is 1. The Balaban J connectivity index is 1.19. The van der Waals surface area contributed by atoms with Gasteiger partial charge in [-0.15, -0.1) is 0 Å². The molecule has 0 heterocycles. The minimum Gasteiger partial charge on any atom is -0.460 e. The molecule has 0 aliphatic heterocycles. The highest BCUT2D eigenvalue weighted by Gasteiger charge is 2.14. The summed E-state index contributed by atoms with van der Waals surface area (Å²) in [4.78, 5) is 12.3. The predicted molar refractivity (Wildman–Crippen MR) is 213 cm³/mol. The zero-order valence-corrected chi connectivity index (χ0v) is 34.6. The van der Waals surface area contributed by atoms with Gasteiger partial charge in [-0.3, -0.25) is 4.18 Å². The molecule has 0 saturated carbocycles. The molecule has 0 aromatic heterocycles. The van der Waals surface area contributed by atoms with Crippen molar-refractivity contribution in [1.82, 2.24) is 0 Å². The molecule has 326 valence electrons. The van der Waals surface area contributed by atoms with Crippen LogP contribution in [-0.4, -0.2) is 166 Å². The van der Waals surface area contributed by atoms with E-state index < -0.39 is 10.1 Å². The minimum absolute atomic E-state index is 0.0656. The Kier molecular flexibility index (Phi) is 31.1. The topological polar surface area (TPSA) is 174 Å². The van der Waals surface area contributed by atoms with Gasteiger partial charge in [-0.05, 0) is 49.7 Å². The monoisotopic (exact) mass is 831 g/mol. The molecule has 0 unspecified atom stereocenters. The van der Waals surface area contributed by atoms with E-state index in [4.69, 9.17) is 56.3 Å². The summed E-state index contributed by atoms with van der Waals surface area (Å²) in [6.07, 6.45) is 2.23. The van der Waals surface area contributed by atoms with E-state index in [1.165, 1.54) is 12.1 Å². The second-order valence-electron chi connectivity index (χ2n) is 12.2. The summed E-state index contributed by atoms with van der Waals surface area (Å²) >= 11 is 0. The van der Waals surface area contributed by atoms with Crippen LogP contribution in [0.15, 0.2) is 53.4 Å². The van der Waals surface area contributed by atoms with Crippen LogP contribution in [0.25, 0.3) is 0 Å². The molecule has 0 spiro atoms. The lowest BCUT2D eigenvalue weighted by atomic mass is 10.2. The van der Waals surface area contributed by atoms with Crippen molar-refractivity contribution in [2.24, 2.45) is 0 Å². The first-order valence-electron chi connectivity index (χ1n) is 19.7. The van der Waals surface area contributed by atoms with Crippen molar-refractivity contribution < 1.29 is 69.5 Å². The first-order valence-corrected chi connectivity index (χ1v) is 21.1. The van der Waals surface area contributed by atoms with Crippen LogP contribution in [-0.2, 0) is 66.4 Å². The molecule has 0 amide bonds. The lowest BCUT2D eigenvalue weighted by molar-refractivity contribution is -0.0273. The third-order valence-corrected chi connectivity index (χ3v) is 8.89. The SMILES string of the molecule is CCCCNc1ccc(C(=O)OCCOCCOCCOCCOCCOCCOCCOCCOCCOCCOCCOS(=O)(=O)c2ccc(C)cc2)cc1. The van der Waals surface area contributed by atoms with Gasteiger partial charge in [0.1, 0.15) is 6.61 Å². The molecule has 2 rings (SSSR count). The van der Waals surface area contributed by atoms with Gasteiger partial charge in [0.25, 0.3) is 10.1 Å². The Hall–Kier alpha value is -2.78. The standard InChI is InChI=1S/C40H65NO15S/c1-3-4-13-41-38-9-7-37(8-10-38)40(42)55-34-32-53-30-28-51-26-24-49-22-20-47-18-16-45-14-15-46-17-19-48-21-23-50-25-27-52-29-31-54-33-35-56-57(43,44)39-11-5-36(2)6-12-39/h5-12,41H,3-4,13-35H2,1-2H3. The van der Waals surface area contributed by atoms with E-state index in [9.17, 15) is 13.2 Å². The van der Waals surface area contributed by atoms with Crippen LogP contribution >= 0.6 is 0 Å². The molecule has 0 radical (unpaired) electrons. The maximum atomic E-state index is 12.1. The number of unbranched alkanes of at least 4 members (excludes halogenated alkanes) is 1. The summed E-state index contributed by atoms with van der Waals surface area (Å²) in [5.41, 5.74) is 2.47. The van der Waals surface area contributed by atoms with Crippen molar-refractivity contribution in [1.29, 1.82) is 0 Å². The Bertz CT molecular complexity index is 1330. The van der Waals surface area contributed by atoms with Crippen LogP contribution in [0.1, 0.15) is 35.7 Å². The minimum atomic E-state index is -3.78. The summed E-state index contributed by atoms with van der Waals surface area (Å²) in [7, 11) is -3.78. The van der Waals surface area contributed by atoms with Gasteiger partial charge in [0.05, 0.1) is 149 Å². The Morgan fingerprint density at radius 2 is 0.842 bits per heavy atom.